The number of carbonyl (C=O) groups excluding carboxylic acids is 1. The van der Waals surface area contributed by atoms with Gasteiger partial charge in [-0.25, -0.2) is 4.98 Å². The van der Waals surface area contributed by atoms with Crippen molar-refractivity contribution >= 4 is 17.5 Å². The van der Waals surface area contributed by atoms with Crippen LogP contribution in [0.3, 0.4) is 0 Å². The molecule has 5 heteroatoms. The molecular weight excluding hydrogens is 342 g/mol. The van der Waals surface area contributed by atoms with Crippen molar-refractivity contribution in [2.45, 2.75) is 44.4 Å². The number of ketones is 1. The van der Waals surface area contributed by atoms with Crippen LogP contribution in [0.5, 0.6) is 0 Å². The van der Waals surface area contributed by atoms with E-state index in [2.05, 4.69) is 40.1 Å². The number of nitrogens with zero attached hydrogens (tertiary/aromatic N) is 3. The molecule has 0 spiro atoms. The molecule has 4 rings (SSSR count). The predicted molar refractivity (Wildman–Crippen MR) is 105 cm³/mol. The van der Waals surface area contributed by atoms with Gasteiger partial charge in [0, 0.05) is 41.9 Å². The molecule has 0 amide bonds. The van der Waals surface area contributed by atoms with Gasteiger partial charge in [0.05, 0.1) is 5.75 Å². The average Bonchev–Trinajstić information content (AvgIpc) is 3.30. The monoisotopic (exact) mass is 365 g/mol. The molecule has 0 N–H and O–H groups in total. The van der Waals surface area contributed by atoms with E-state index in [1.165, 1.54) is 35.9 Å². The molecule has 0 radical (unpaired) electrons. The molecule has 0 saturated heterocycles. The van der Waals surface area contributed by atoms with Crippen LogP contribution < -0.4 is 0 Å². The SMILES string of the molecule is Cc1cc(C(=O)CSc2nccn2Cc2ccccc2)c(C)n1C1CC1. The van der Waals surface area contributed by atoms with Crippen LogP contribution in [0.1, 0.15) is 46.2 Å². The van der Waals surface area contributed by atoms with E-state index in [0.717, 1.165) is 23.0 Å². The van der Waals surface area contributed by atoms with Crippen LogP contribution in [0, 0.1) is 13.8 Å². The minimum atomic E-state index is 0.185. The van der Waals surface area contributed by atoms with Crippen LogP contribution in [-0.4, -0.2) is 25.7 Å². The number of hydrogen-bond acceptors (Lipinski definition) is 3. The molecule has 4 nitrogen and oxygen atoms in total. The average molecular weight is 366 g/mol. The number of rotatable bonds is 7. The largest absolute Gasteiger partial charge is 0.345 e. The van der Waals surface area contributed by atoms with Gasteiger partial charge >= 0.3 is 0 Å². The Morgan fingerprint density at radius 1 is 1.23 bits per heavy atom. The Labute approximate surface area is 158 Å². The molecule has 2 heterocycles. The highest BCUT2D eigenvalue weighted by atomic mass is 32.2. The standard InChI is InChI=1S/C21H23N3OS/c1-15-12-19(16(2)24(15)18-8-9-18)20(25)14-26-21-22-10-11-23(21)13-17-6-4-3-5-7-17/h3-7,10-12,18H,8-9,13-14H2,1-2H3. The first-order valence-electron chi connectivity index (χ1n) is 9.03. The van der Waals surface area contributed by atoms with E-state index in [0.29, 0.717) is 11.8 Å². The van der Waals surface area contributed by atoms with Crippen LogP contribution in [-0.2, 0) is 6.54 Å². The number of hydrogen-bond donors (Lipinski definition) is 0. The number of Topliss-reactive ketones (excluding diaryl/α,β-unsaturated/α-hetero) is 1. The molecular formula is C21H23N3OS. The van der Waals surface area contributed by atoms with Gasteiger partial charge in [-0.05, 0) is 38.3 Å². The van der Waals surface area contributed by atoms with E-state index >= 15 is 0 Å². The van der Waals surface area contributed by atoms with E-state index in [-0.39, 0.29) is 5.78 Å². The zero-order chi connectivity index (χ0) is 18.1. The van der Waals surface area contributed by atoms with Crippen LogP contribution in [0.2, 0.25) is 0 Å². The Bertz CT molecular complexity index is 922. The second-order valence-corrected chi connectivity index (χ2v) is 7.86. The second-order valence-electron chi connectivity index (χ2n) is 6.92. The van der Waals surface area contributed by atoms with Crippen LogP contribution >= 0.6 is 11.8 Å². The van der Waals surface area contributed by atoms with Gasteiger partial charge in [0.1, 0.15) is 0 Å². The zero-order valence-electron chi connectivity index (χ0n) is 15.2. The summed E-state index contributed by atoms with van der Waals surface area (Å²) in [4.78, 5) is 17.2. The first-order chi connectivity index (χ1) is 12.6. The highest BCUT2D eigenvalue weighted by Crippen LogP contribution is 2.38. The van der Waals surface area contributed by atoms with E-state index in [9.17, 15) is 4.79 Å². The topological polar surface area (TPSA) is 39.8 Å². The molecule has 1 aliphatic carbocycles. The molecule has 0 atom stereocenters. The maximum atomic E-state index is 12.8. The number of aromatic nitrogens is 3. The maximum Gasteiger partial charge on any atom is 0.175 e. The summed E-state index contributed by atoms with van der Waals surface area (Å²) in [5, 5.41) is 0.887. The molecule has 26 heavy (non-hydrogen) atoms. The fourth-order valence-electron chi connectivity index (χ4n) is 3.50. The lowest BCUT2D eigenvalue weighted by molar-refractivity contribution is 0.102. The minimum absolute atomic E-state index is 0.185. The lowest BCUT2D eigenvalue weighted by Gasteiger charge is -2.08. The van der Waals surface area contributed by atoms with Crippen molar-refractivity contribution in [2.24, 2.45) is 0 Å². The summed E-state index contributed by atoms with van der Waals surface area (Å²) in [5.74, 6) is 0.602. The van der Waals surface area contributed by atoms with E-state index in [1.54, 1.807) is 6.20 Å². The minimum Gasteiger partial charge on any atom is -0.345 e. The van der Waals surface area contributed by atoms with Crippen molar-refractivity contribution in [1.82, 2.24) is 14.1 Å². The Balaban J connectivity index is 1.44. The lowest BCUT2D eigenvalue weighted by atomic mass is 10.2. The Morgan fingerprint density at radius 2 is 2.00 bits per heavy atom. The fraction of sp³-hybridized carbons (Fsp3) is 0.333. The van der Waals surface area contributed by atoms with E-state index in [4.69, 9.17) is 0 Å². The van der Waals surface area contributed by atoms with Crippen LogP contribution in [0.4, 0.5) is 0 Å². The van der Waals surface area contributed by atoms with Crippen molar-refractivity contribution in [3.63, 3.8) is 0 Å². The van der Waals surface area contributed by atoms with Crippen molar-refractivity contribution in [1.29, 1.82) is 0 Å². The quantitative estimate of drug-likeness (QED) is 0.452. The van der Waals surface area contributed by atoms with E-state index in [1.807, 2.05) is 30.5 Å². The molecule has 2 aromatic heterocycles. The number of thioether (sulfide) groups is 1. The fourth-order valence-corrected chi connectivity index (χ4v) is 4.34. The maximum absolute atomic E-state index is 12.8. The molecule has 1 fully saturated rings. The normalized spacial score (nSPS) is 13.9. The van der Waals surface area contributed by atoms with E-state index < -0.39 is 0 Å². The smallest absolute Gasteiger partial charge is 0.175 e. The highest BCUT2D eigenvalue weighted by molar-refractivity contribution is 7.99. The van der Waals surface area contributed by atoms with Crippen LogP contribution in [0.15, 0.2) is 53.9 Å². The van der Waals surface area contributed by atoms with Gasteiger partial charge in [0.2, 0.25) is 0 Å². The first kappa shape index (κ1) is 17.2. The molecule has 1 aliphatic rings. The second kappa shape index (κ2) is 7.16. The first-order valence-corrected chi connectivity index (χ1v) is 10.0. The van der Waals surface area contributed by atoms with Gasteiger partial charge < -0.3 is 9.13 Å². The third-order valence-electron chi connectivity index (χ3n) is 4.90. The van der Waals surface area contributed by atoms with Crippen molar-refractivity contribution < 1.29 is 4.79 Å². The predicted octanol–water partition coefficient (Wildman–Crippen LogP) is 4.66. The molecule has 0 bridgehead atoms. The molecule has 1 aromatic carbocycles. The summed E-state index contributed by atoms with van der Waals surface area (Å²) >= 11 is 1.52. The summed E-state index contributed by atoms with van der Waals surface area (Å²) in [6.07, 6.45) is 6.23. The molecule has 1 saturated carbocycles. The summed E-state index contributed by atoms with van der Waals surface area (Å²) in [5.41, 5.74) is 4.40. The zero-order valence-corrected chi connectivity index (χ0v) is 16.0. The number of benzene rings is 1. The van der Waals surface area contributed by atoms with Crippen molar-refractivity contribution in [3.8, 4) is 0 Å². The summed E-state index contributed by atoms with van der Waals surface area (Å²) in [7, 11) is 0. The number of carbonyl (C=O) groups is 1. The van der Waals surface area contributed by atoms with Crippen molar-refractivity contribution in [2.75, 3.05) is 5.75 Å². The lowest BCUT2D eigenvalue weighted by Crippen LogP contribution is -2.07. The Kier molecular flexibility index (Phi) is 4.72. The molecule has 0 aliphatic heterocycles. The molecule has 3 aromatic rings. The van der Waals surface area contributed by atoms with Gasteiger partial charge in [-0.15, -0.1) is 0 Å². The van der Waals surface area contributed by atoms with Crippen LogP contribution in [0.25, 0.3) is 0 Å². The van der Waals surface area contributed by atoms with Gasteiger partial charge in [-0.1, -0.05) is 42.1 Å². The summed E-state index contributed by atoms with van der Waals surface area (Å²) in [6.45, 7) is 4.94. The third kappa shape index (κ3) is 3.49. The van der Waals surface area contributed by atoms with Gasteiger partial charge in [0.25, 0.3) is 0 Å². The van der Waals surface area contributed by atoms with Gasteiger partial charge in [-0.3, -0.25) is 4.79 Å². The highest BCUT2D eigenvalue weighted by Gasteiger charge is 2.28. The molecule has 134 valence electrons. The Hall–Kier alpha value is -2.27. The number of imidazole rings is 1. The van der Waals surface area contributed by atoms with Crippen molar-refractivity contribution in [3.05, 3.63) is 71.3 Å². The van der Waals surface area contributed by atoms with Gasteiger partial charge in [-0.2, -0.15) is 0 Å². The number of aryl methyl sites for hydroxylation is 1. The Morgan fingerprint density at radius 3 is 2.73 bits per heavy atom. The molecule has 0 unspecified atom stereocenters. The third-order valence-corrected chi connectivity index (χ3v) is 5.91. The summed E-state index contributed by atoms with van der Waals surface area (Å²) < 4.78 is 4.43. The summed E-state index contributed by atoms with van der Waals surface area (Å²) in [6, 6.07) is 13.0. The van der Waals surface area contributed by atoms with Gasteiger partial charge in [0.15, 0.2) is 10.9 Å².